The minimum atomic E-state index is -0.361. The summed E-state index contributed by atoms with van der Waals surface area (Å²) >= 11 is 0. The number of amides is 1. The monoisotopic (exact) mass is 126 g/mol. The van der Waals surface area contributed by atoms with Crippen LogP contribution in [-0.4, -0.2) is 5.91 Å². The van der Waals surface area contributed by atoms with Crippen molar-refractivity contribution in [1.82, 2.24) is 5.73 Å². The summed E-state index contributed by atoms with van der Waals surface area (Å²) in [5.41, 5.74) is 6.87. The highest BCUT2D eigenvalue weighted by Crippen LogP contribution is 2.30. The molecule has 0 heterocycles. The predicted molar refractivity (Wildman–Crippen MR) is 34.6 cm³/mol. The highest BCUT2D eigenvalue weighted by atomic mass is 16.1. The summed E-state index contributed by atoms with van der Waals surface area (Å²) < 4.78 is 0. The third-order valence-corrected chi connectivity index (χ3v) is 2.20. The summed E-state index contributed by atoms with van der Waals surface area (Å²) in [5, 5.41) is 0. The largest absolute Gasteiger partial charge is 0.273 e. The summed E-state index contributed by atoms with van der Waals surface area (Å²) in [5.74, 6) is 0.167. The Balaban J connectivity index is 2.49. The molecule has 2 atom stereocenters. The van der Waals surface area contributed by atoms with Crippen molar-refractivity contribution in [1.29, 1.82) is 0 Å². The molecule has 1 aliphatic rings. The van der Waals surface area contributed by atoms with E-state index in [2.05, 4.69) is 6.92 Å². The molecule has 0 aromatic heterocycles. The molecule has 0 spiro atoms. The Morgan fingerprint density at radius 2 is 2.22 bits per heavy atom. The van der Waals surface area contributed by atoms with Gasteiger partial charge in [-0.3, -0.25) is 10.5 Å². The standard InChI is InChI=1S/C7H12NO/c1-5-3-2-4-6(5)7(8)9/h5-6,8H,2-4H2,1H3. The molecule has 2 unspecified atom stereocenters. The van der Waals surface area contributed by atoms with Gasteiger partial charge in [-0.25, -0.2) is 0 Å². The van der Waals surface area contributed by atoms with E-state index in [4.69, 9.17) is 5.73 Å². The molecule has 51 valence electrons. The zero-order valence-electron chi connectivity index (χ0n) is 5.68. The minimum Gasteiger partial charge on any atom is -0.273 e. The molecule has 9 heavy (non-hydrogen) atoms. The minimum absolute atomic E-state index is 0.0602. The number of hydrogen-bond acceptors (Lipinski definition) is 1. The zero-order valence-corrected chi connectivity index (χ0v) is 5.68. The van der Waals surface area contributed by atoms with Gasteiger partial charge in [-0.1, -0.05) is 13.3 Å². The van der Waals surface area contributed by atoms with Crippen LogP contribution in [0, 0.1) is 11.8 Å². The molecule has 0 aromatic carbocycles. The van der Waals surface area contributed by atoms with Crippen molar-refractivity contribution in [2.45, 2.75) is 26.2 Å². The number of hydrogen-bond donors (Lipinski definition) is 0. The lowest BCUT2D eigenvalue weighted by Gasteiger charge is -2.07. The smallest absolute Gasteiger partial charge is 0.241 e. The summed E-state index contributed by atoms with van der Waals surface area (Å²) in [6.45, 7) is 2.06. The van der Waals surface area contributed by atoms with Crippen molar-refractivity contribution in [3.63, 3.8) is 0 Å². The molecule has 0 saturated heterocycles. The first-order chi connectivity index (χ1) is 4.22. The first-order valence-corrected chi connectivity index (χ1v) is 3.47. The van der Waals surface area contributed by atoms with Crippen molar-refractivity contribution in [2.75, 3.05) is 0 Å². The van der Waals surface area contributed by atoms with Gasteiger partial charge in [-0.2, -0.15) is 0 Å². The Bertz CT molecular complexity index is 122. The Kier molecular flexibility index (Phi) is 1.74. The van der Waals surface area contributed by atoms with Crippen molar-refractivity contribution in [3.8, 4) is 0 Å². The van der Waals surface area contributed by atoms with Gasteiger partial charge < -0.3 is 0 Å². The fourth-order valence-electron chi connectivity index (χ4n) is 1.53. The Hall–Kier alpha value is -0.530. The lowest BCUT2D eigenvalue weighted by atomic mass is 9.98. The molecular formula is C7H12NO. The molecule has 1 fully saturated rings. The lowest BCUT2D eigenvalue weighted by Crippen LogP contribution is -2.16. The molecule has 1 amide bonds. The molecule has 1 rings (SSSR count). The number of rotatable bonds is 1. The highest BCUT2D eigenvalue weighted by molar-refractivity contribution is 5.76. The van der Waals surface area contributed by atoms with Gasteiger partial charge in [0.2, 0.25) is 5.91 Å². The number of nitrogens with one attached hydrogen (secondary N) is 1. The fourth-order valence-corrected chi connectivity index (χ4v) is 1.53. The summed E-state index contributed by atoms with van der Waals surface area (Å²) in [7, 11) is 0. The molecule has 1 saturated carbocycles. The first kappa shape index (κ1) is 6.59. The Labute approximate surface area is 55.4 Å². The molecule has 0 aliphatic heterocycles. The molecule has 0 bridgehead atoms. The van der Waals surface area contributed by atoms with Crippen molar-refractivity contribution in [3.05, 3.63) is 0 Å². The maximum atomic E-state index is 10.5. The molecule has 1 aliphatic carbocycles. The molecule has 2 heteroatoms. The summed E-state index contributed by atoms with van der Waals surface area (Å²) in [6.07, 6.45) is 3.22. The van der Waals surface area contributed by atoms with E-state index in [0.29, 0.717) is 5.92 Å². The quantitative estimate of drug-likeness (QED) is 0.521. The second kappa shape index (κ2) is 2.38. The third kappa shape index (κ3) is 1.23. The lowest BCUT2D eigenvalue weighted by molar-refractivity contribution is -0.123. The van der Waals surface area contributed by atoms with E-state index in [0.717, 1.165) is 19.3 Å². The Morgan fingerprint density at radius 3 is 2.44 bits per heavy atom. The van der Waals surface area contributed by atoms with E-state index in [9.17, 15) is 4.79 Å². The number of carbonyl (C=O) groups excluding carboxylic acids is 1. The van der Waals surface area contributed by atoms with E-state index in [1.807, 2.05) is 0 Å². The fraction of sp³-hybridized carbons (Fsp3) is 0.857. The van der Waals surface area contributed by atoms with Crippen LogP contribution in [0.4, 0.5) is 0 Å². The topological polar surface area (TPSA) is 40.9 Å². The van der Waals surface area contributed by atoms with Gasteiger partial charge in [0, 0.05) is 5.92 Å². The summed E-state index contributed by atoms with van der Waals surface area (Å²) in [6, 6.07) is 0. The SMILES string of the molecule is CC1CCCC1C([NH])=O. The van der Waals surface area contributed by atoms with Gasteiger partial charge in [0.15, 0.2) is 0 Å². The van der Waals surface area contributed by atoms with E-state index in [1.165, 1.54) is 0 Å². The third-order valence-electron chi connectivity index (χ3n) is 2.20. The van der Waals surface area contributed by atoms with Crippen LogP contribution >= 0.6 is 0 Å². The van der Waals surface area contributed by atoms with Gasteiger partial charge >= 0.3 is 0 Å². The zero-order chi connectivity index (χ0) is 6.85. The predicted octanol–water partition coefficient (Wildman–Crippen LogP) is 1.23. The second-order valence-corrected chi connectivity index (χ2v) is 2.88. The van der Waals surface area contributed by atoms with Crippen LogP contribution in [0.15, 0.2) is 0 Å². The van der Waals surface area contributed by atoms with Gasteiger partial charge in [-0.15, -0.1) is 0 Å². The van der Waals surface area contributed by atoms with Gasteiger partial charge in [0.1, 0.15) is 0 Å². The molecule has 0 aromatic rings. The van der Waals surface area contributed by atoms with Crippen LogP contribution < -0.4 is 5.73 Å². The van der Waals surface area contributed by atoms with Gasteiger partial charge in [0.25, 0.3) is 0 Å². The summed E-state index contributed by atoms with van der Waals surface area (Å²) in [4.78, 5) is 10.5. The van der Waals surface area contributed by atoms with E-state index >= 15 is 0 Å². The van der Waals surface area contributed by atoms with Crippen molar-refractivity contribution in [2.24, 2.45) is 11.8 Å². The number of carbonyl (C=O) groups is 1. The molecule has 1 N–H and O–H groups in total. The average Bonchev–Trinajstić information content (AvgIpc) is 2.13. The van der Waals surface area contributed by atoms with Crippen LogP contribution in [0.5, 0.6) is 0 Å². The van der Waals surface area contributed by atoms with Gasteiger partial charge in [-0.05, 0) is 18.8 Å². The maximum absolute atomic E-state index is 10.5. The average molecular weight is 126 g/mol. The van der Waals surface area contributed by atoms with Crippen LogP contribution in [-0.2, 0) is 4.79 Å². The van der Waals surface area contributed by atoms with E-state index in [1.54, 1.807) is 0 Å². The van der Waals surface area contributed by atoms with Crippen LogP contribution in [0.3, 0.4) is 0 Å². The molecular weight excluding hydrogens is 114 g/mol. The van der Waals surface area contributed by atoms with Crippen LogP contribution in [0.2, 0.25) is 0 Å². The van der Waals surface area contributed by atoms with Crippen LogP contribution in [0.25, 0.3) is 0 Å². The van der Waals surface area contributed by atoms with Crippen molar-refractivity contribution >= 4 is 5.91 Å². The Morgan fingerprint density at radius 1 is 1.56 bits per heavy atom. The first-order valence-electron chi connectivity index (χ1n) is 3.47. The second-order valence-electron chi connectivity index (χ2n) is 2.88. The van der Waals surface area contributed by atoms with Gasteiger partial charge in [0.05, 0.1) is 0 Å². The van der Waals surface area contributed by atoms with E-state index in [-0.39, 0.29) is 11.8 Å². The maximum Gasteiger partial charge on any atom is 0.241 e. The molecule has 1 radical (unpaired) electrons. The van der Waals surface area contributed by atoms with E-state index < -0.39 is 0 Å². The van der Waals surface area contributed by atoms with Crippen molar-refractivity contribution < 1.29 is 4.79 Å². The normalized spacial score (nSPS) is 34.8. The van der Waals surface area contributed by atoms with Crippen LogP contribution in [0.1, 0.15) is 26.2 Å². The highest BCUT2D eigenvalue weighted by Gasteiger charge is 2.27. The molecule has 2 nitrogen and oxygen atoms in total.